The largest absolute Gasteiger partial charge is 0.341 e. The van der Waals surface area contributed by atoms with Crippen molar-refractivity contribution in [3.05, 3.63) is 34.9 Å². The minimum absolute atomic E-state index is 0. The lowest BCUT2D eigenvalue weighted by atomic mass is 9.90. The third-order valence-corrected chi connectivity index (χ3v) is 4.16. The Kier molecular flexibility index (Phi) is 6.50. The van der Waals surface area contributed by atoms with Crippen molar-refractivity contribution in [3.63, 3.8) is 0 Å². The molecule has 0 spiro atoms. The molecule has 1 aliphatic rings. The Morgan fingerprint density at radius 3 is 2.60 bits per heavy atom. The Morgan fingerprint density at radius 2 is 1.95 bits per heavy atom. The van der Waals surface area contributed by atoms with Crippen molar-refractivity contribution >= 4 is 18.3 Å². The van der Waals surface area contributed by atoms with Crippen molar-refractivity contribution in [2.75, 3.05) is 13.6 Å². The van der Waals surface area contributed by atoms with Gasteiger partial charge in [0.05, 0.1) is 6.42 Å². The maximum absolute atomic E-state index is 12.2. The first-order valence-electron chi connectivity index (χ1n) is 7.18. The summed E-state index contributed by atoms with van der Waals surface area (Å²) in [6.45, 7) is 2.48. The molecular weight excluding hydrogens is 272 g/mol. The summed E-state index contributed by atoms with van der Waals surface area (Å²) in [5.74, 6) is 0.147. The maximum atomic E-state index is 12.2. The molecule has 1 aromatic carbocycles. The van der Waals surface area contributed by atoms with E-state index in [0.29, 0.717) is 13.0 Å². The summed E-state index contributed by atoms with van der Waals surface area (Å²) in [6, 6.07) is 6.62. The van der Waals surface area contributed by atoms with Gasteiger partial charge >= 0.3 is 0 Å². The van der Waals surface area contributed by atoms with E-state index in [-0.39, 0.29) is 24.4 Å². The van der Waals surface area contributed by atoms with E-state index in [1.807, 2.05) is 14.0 Å². The molecule has 1 aromatic rings. The Labute approximate surface area is 127 Å². The van der Waals surface area contributed by atoms with Crippen LogP contribution in [0.2, 0.25) is 0 Å². The number of fused-ring (bicyclic) bond motifs is 1. The van der Waals surface area contributed by atoms with E-state index in [4.69, 9.17) is 5.73 Å². The van der Waals surface area contributed by atoms with Crippen molar-refractivity contribution in [2.45, 2.75) is 45.1 Å². The van der Waals surface area contributed by atoms with Gasteiger partial charge in [0.2, 0.25) is 5.91 Å². The minimum Gasteiger partial charge on any atom is -0.341 e. The molecule has 0 saturated carbocycles. The number of nitrogens with zero attached hydrogens (tertiary/aromatic N) is 1. The van der Waals surface area contributed by atoms with Gasteiger partial charge in [-0.15, -0.1) is 12.4 Å². The van der Waals surface area contributed by atoms with Gasteiger partial charge in [-0.2, -0.15) is 0 Å². The smallest absolute Gasteiger partial charge is 0.227 e. The molecule has 0 bridgehead atoms. The predicted molar refractivity (Wildman–Crippen MR) is 85.3 cm³/mol. The molecule has 1 atom stereocenters. The first kappa shape index (κ1) is 17.0. The van der Waals surface area contributed by atoms with E-state index < -0.39 is 0 Å². The molecule has 4 heteroatoms. The second kappa shape index (κ2) is 7.65. The van der Waals surface area contributed by atoms with Gasteiger partial charge < -0.3 is 10.6 Å². The van der Waals surface area contributed by atoms with Gasteiger partial charge in [-0.1, -0.05) is 18.2 Å². The number of benzene rings is 1. The minimum atomic E-state index is 0. The highest BCUT2D eigenvalue weighted by molar-refractivity contribution is 5.85. The first-order chi connectivity index (χ1) is 9.11. The summed E-state index contributed by atoms with van der Waals surface area (Å²) < 4.78 is 0. The zero-order valence-corrected chi connectivity index (χ0v) is 13.2. The van der Waals surface area contributed by atoms with Gasteiger partial charge in [-0.3, -0.25) is 4.79 Å². The standard InChI is InChI=1S/C16H24N2O.ClH/c1-12(11-17)18(2)16(19)10-13-7-8-14-5-3-4-6-15(14)9-13;/h7-9,12H,3-6,10-11,17H2,1-2H3;1H. The topological polar surface area (TPSA) is 46.3 Å². The summed E-state index contributed by atoms with van der Waals surface area (Å²) in [5.41, 5.74) is 9.63. The highest BCUT2D eigenvalue weighted by Crippen LogP contribution is 2.22. The molecular formula is C16H25ClN2O. The number of carbonyl (C=O) groups is 1. The van der Waals surface area contributed by atoms with Crippen molar-refractivity contribution in [3.8, 4) is 0 Å². The lowest BCUT2D eigenvalue weighted by Crippen LogP contribution is -2.40. The Bertz CT molecular complexity index is 462. The molecule has 1 unspecified atom stereocenters. The van der Waals surface area contributed by atoms with Crippen molar-refractivity contribution in [1.29, 1.82) is 0 Å². The van der Waals surface area contributed by atoms with Crippen LogP contribution in [0.3, 0.4) is 0 Å². The van der Waals surface area contributed by atoms with E-state index in [0.717, 1.165) is 12.0 Å². The van der Waals surface area contributed by atoms with Crippen LogP contribution in [0, 0.1) is 0 Å². The number of halogens is 1. The summed E-state index contributed by atoms with van der Waals surface area (Å²) >= 11 is 0. The summed E-state index contributed by atoms with van der Waals surface area (Å²) in [4.78, 5) is 13.9. The average molecular weight is 297 g/mol. The first-order valence-corrected chi connectivity index (χ1v) is 7.18. The monoisotopic (exact) mass is 296 g/mol. The SMILES string of the molecule is CC(CN)N(C)C(=O)Cc1ccc2c(c1)CCCC2.Cl. The lowest BCUT2D eigenvalue weighted by Gasteiger charge is -2.24. The number of hydrogen-bond donors (Lipinski definition) is 1. The molecule has 112 valence electrons. The normalized spacial score (nSPS) is 14.9. The van der Waals surface area contributed by atoms with Crippen molar-refractivity contribution < 1.29 is 4.79 Å². The zero-order valence-electron chi connectivity index (χ0n) is 12.4. The number of rotatable bonds is 4. The van der Waals surface area contributed by atoms with Gasteiger partial charge in [0.25, 0.3) is 0 Å². The number of hydrogen-bond acceptors (Lipinski definition) is 2. The molecule has 0 aliphatic heterocycles. The molecule has 1 aliphatic carbocycles. The molecule has 3 nitrogen and oxygen atoms in total. The number of nitrogens with two attached hydrogens (primary N) is 1. The fourth-order valence-corrected chi connectivity index (χ4v) is 2.60. The van der Waals surface area contributed by atoms with Gasteiger partial charge in [0, 0.05) is 19.6 Å². The van der Waals surface area contributed by atoms with Crippen LogP contribution in [0.5, 0.6) is 0 Å². The molecule has 20 heavy (non-hydrogen) atoms. The van der Waals surface area contributed by atoms with Crippen LogP contribution >= 0.6 is 12.4 Å². The number of likely N-dealkylation sites (N-methyl/N-ethyl adjacent to an activating group) is 1. The molecule has 0 aromatic heterocycles. The molecule has 0 fully saturated rings. The van der Waals surface area contributed by atoms with Crippen LogP contribution in [0.1, 0.15) is 36.5 Å². The Hall–Kier alpha value is -1.06. The number of aryl methyl sites for hydroxylation is 2. The highest BCUT2D eigenvalue weighted by atomic mass is 35.5. The third-order valence-electron chi connectivity index (χ3n) is 4.16. The average Bonchev–Trinajstić information content (AvgIpc) is 2.45. The fourth-order valence-electron chi connectivity index (χ4n) is 2.60. The summed E-state index contributed by atoms with van der Waals surface area (Å²) in [6.07, 6.45) is 5.39. The van der Waals surface area contributed by atoms with Crippen LogP contribution in [-0.4, -0.2) is 30.4 Å². The predicted octanol–water partition coefficient (Wildman–Crippen LogP) is 2.34. The van der Waals surface area contributed by atoms with E-state index >= 15 is 0 Å². The van der Waals surface area contributed by atoms with Gasteiger partial charge in [-0.05, 0) is 49.3 Å². The van der Waals surface area contributed by atoms with Crippen LogP contribution in [-0.2, 0) is 24.1 Å². The molecule has 1 amide bonds. The van der Waals surface area contributed by atoms with Crippen LogP contribution in [0.15, 0.2) is 18.2 Å². The van der Waals surface area contributed by atoms with E-state index in [1.54, 1.807) is 4.90 Å². The summed E-state index contributed by atoms with van der Waals surface area (Å²) in [5, 5.41) is 0. The molecule has 2 N–H and O–H groups in total. The quantitative estimate of drug-likeness (QED) is 0.927. The van der Waals surface area contributed by atoms with E-state index in [1.165, 1.54) is 30.4 Å². The van der Waals surface area contributed by atoms with Gasteiger partial charge in [-0.25, -0.2) is 0 Å². The molecule has 2 rings (SSSR count). The molecule has 0 heterocycles. The van der Waals surface area contributed by atoms with Gasteiger partial charge in [0.15, 0.2) is 0 Å². The number of amides is 1. The second-order valence-electron chi connectivity index (χ2n) is 5.58. The van der Waals surface area contributed by atoms with E-state index in [9.17, 15) is 4.79 Å². The Balaban J connectivity index is 0.00000200. The molecule has 0 saturated heterocycles. The third kappa shape index (κ3) is 3.97. The van der Waals surface area contributed by atoms with Crippen LogP contribution in [0.4, 0.5) is 0 Å². The maximum Gasteiger partial charge on any atom is 0.227 e. The molecule has 0 radical (unpaired) electrons. The summed E-state index contributed by atoms with van der Waals surface area (Å²) in [7, 11) is 1.83. The zero-order chi connectivity index (χ0) is 13.8. The van der Waals surface area contributed by atoms with Crippen molar-refractivity contribution in [2.24, 2.45) is 5.73 Å². The highest BCUT2D eigenvalue weighted by Gasteiger charge is 2.16. The van der Waals surface area contributed by atoms with Crippen molar-refractivity contribution in [1.82, 2.24) is 4.90 Å². The lowest BCUT2D eigenvalue weighted by molar-refractivity contribution is -0.130. The second-order valence-corrected chi connectivity index (χ2v) is 5.58. The van der Waals surface area contributed by atoms with Crippen LogP contribution < -0.4 is 5.73 Å². The van der Waals surface area contributed by atoms with Gasteiger partial charge in [0.1, 0.15) is 0 Å². The fraction of sp³-hybridized carbons (Fsp3) is 0.562. The number of carbonyl (C=O) groups excluding carboxylic acids is 1. The van der Waals surface area contributed by atoms with E-state index in [2.05, 4.69) is 18.2 Å². The van der Waals surface area contributed by atoms with Crippen LogP contribution in [0.25, 0.3) is 0 Å². The Morgan fingerprint density at radius 1 is 1.30 bits per heavy atom.